The minimum absolute atomic E-state index is 0.0633. The number of piperidine rings is 1. The third-order valence-electron chi connectivity index (χ3n) is 7.44. The van der Waals surface area contributed by atoms with Gasteiger partial charge in [0.2, 0.25) is 5.95 Å². The largest absolute Gasteiger partial charge is 0.495 e. The van der Waals surface area contributed by atoms with Gasteiger partial charge in [-0.3, -0.25) is 9.59 Å². The van der Waals surface area contributed by atoms with Crippen LogP contribution < -0.4 is 24.4 Å². The van der Waals surface area contributed by atoms with Crippen LogP contribution in [0.2, 0.25) is 0 Å². The molecular weight excluding hydrogens is 578 g/mol. The summed E-state index contributed by atoms with van der Waals surface area (Å²) in [6.45, 7) is 5.51. The number of benzene rings is 2. The Labute approximate surface area is 254 Å². The highest BCUT2D eigenvalue weighted by molar-refractivity contribution is 5.68. The van der Waals surface area contributed by atoms with Crippen molar-refractivity contribution in [3.8, 4) is 17.2 Å². The number of aromatic nitrogens is 2. The lowest BCUT2D eigenvalue weighted by atomic mass is 9.79. The summed E-state index contributed by atoms with van der Waals surface area (Å²) in [7, 11) is 2.89. The minimum atomic E-state index is -0.819. The van der Waals surface area contributed by atoms with Crippen LogP contribution in [0.15, 0.2) is 36.7 Å². The molecule has 1 aliphatic rings. The standard InChI is InChI=1S/C31H36F2N4O7/c1-19-12-27(41-5)29(33)24(28(19)32)16-42-23-14-34-30(35-15-23)36-22-6-7-25(26(13-22)40-4)37-10-8-31(9-11-37,17-43-20(2)38)18-44-21(3)39/h6-7,12-15H,8-11,16-18H2,1-5H3,(H,34,35,36). The van der Waals surface area contributed by atoms with E-state index in [2.05, 4.69) is 20.2 Å². The third-order valence-corrected chi connectivity index (χ3v) is 7.44. The second-order valence-corrected chi connectivity index (χ2v) is 10.6. The van der Waals surface area contributed by atoms with Crippen molar-refractivity contribution in [1.29, 1.82) is 0 Å². The highest BCUT2D eigenvalue weighted by atomic mass is 19.1. The van der Waals surface area contributed by atoms with Crippen LogP contribution in [0.25, 0.3) is 0 Å². The topological polar surface area (TPSA) is 121 Å². The molecule has 0 unspecified atom stereocenters. The van der Waals surface area contributed by atoms with Crippen molar-refractivity contribution in [3.05, 3.63) is 59.4 Å². The molecule has 0 spiro atoms. The molecule has 1 fully saturated rings. The van der Waals surface area contributed by atoms with E-state index in [0.29, 0.717) is 37.4 Å². The van der Waals surface area contributed by atoms with Crippen LogP contribution in [-0.4, -0.2) is 62.4 Å². The van der Waals surface area contributed by atoms with Crippen molar-refractivity contribution in [2.75, 3.05) is 50.7 Å². The van der Waals surface area contributed by atoms with Crippen LogP contribution in [0.5, 0.6) is 17.2 Å². The lowest BCUT2D eigenvalue weighted by Gasteiger charge is -2.42. The second-order valence-electron chi connectivity index (χ2n) is 10.6. The molecule has 4 rings (SSSR count). The molecule has 0 aliphatic carbocycles. The molecule has 1 N–H and O–H groups in total. The molecular formula is C31H36F2N4O7. The number of hydrogen-bond acceptors (Lipinski definition) is 11. The zero-order chi connectivity index (χ0) is 31.9. The first-order valence-electron chi connectivity index (χ1n) is 14.0. The van der Waals surface area contributed by atoms with Crippen LogP contribution in [0.3, 0.4) is 0 Å². The van der Waals surface area contributed by atoms with Gasteiger partial charge in [-0.1, -0.05) is 0 Å². The summed E-state index contributed by atoms with van der Waals surface area (Å²) in [6.07, 6.45) is 4.09. The number of carbonyl (C=O) groups is 2. The van der Waals surface area contributed by atoms with E-state index in [1.54, 1.807) is 7.11 Å². The van der Waals surface area contributed by atoms with Gasteiger partial charge in [0.05, 0.1) is 37.9 Å². The summed E-state index contributed by atoms with van der Waals surface area (Å²) in [6, 6.07) is 6.89. The molecule has 2 aromatic carbocycles. The molecule has 0 atom stereocenters. The maximum absolute atomic E-state index is 14.5. The molecule has 0 amide bonds. The summed E-state index contributed by atoms with van der Waals surface area (Å²) in [5.74, 6) is -1.20. The van der Waals surface area contributed by atoms with E-state index < -0.39 is 17.0 Å². The Balaban J connectivity index is 1.39. The second kappa shape index (κ2) is 14.2. The van der Waals surface area contributed by atoms with Crippen molar-refractivity contribution >= 4 is 29.3 Å². The van der Waals surface area contributed by atoms with Crippen molar-refractivity contribution < 1.29 is 42.1 Å². The molecule has 2 heterocycles. The van der Waals surface area contributed by atoms with Crippen molar-refractivity contribution in [2.45, 2.75) is 40.2 Å². The Bertz CT molecular complexity index is 1460. The van der Waals surface area contributed by atoms with Gasteiger partial charge in [-0.05, 0) is 43.5 Å². The summed E-state index contributed by atoms with van der Waals surface area (Å²) >= 11 is 0. The van der Waals surface area contributed by atoms with E-state index in [4.69, 9.17) is 23.7 Å². The van der Waals surface area contributed by atoms with Crippen LogP contribution in [0.4, 0.5) is 26.1 Å². The van der Waals surface area contributed by atoms with Crippen LogP contribution >= 0.6 is 0 Å². The first kappa shape index (κ1) is 32.2. The summed E-state index contributed by atoms with van der Waals surface area (Å²) in [5, 5.41) is 3.11. The Kier molecular flexibility index (Phi) is 10.4. The van der Waals surface area contributed by atoms with Gasteiger partial charge in [0, 0.05) is 44.1 Å². The molecule has 0 bridgehead atoms. The van der Waals surface area contributed by atoms with E-state index in [9.17, 15) is 18.4 Å². The fourth-order valence-corrected chi connectivity index (χ4v) is 4.90. The first-order valence-corrected chi connectivity index (χ1v) is 14.0. The Morgan fingerprint density at radius 1 is 0.932 bits per heavy atom. The van der Waals surface area contributed by atoms with Gasteiger partial charge in [0.1, 0.15) is 31.4 Å². The van der Waals surface area contributed by atoms with E-state index in [0.717, 1.165) is 5.69 Å². The fraction of sp³-hybridized carbons (Fsp3) is 0.419. The number of rotatable bonds is 12. The van der Waals surface area contributed by atoms with E-state index in [1.165, 1.54) is 46.3 Å². The molecule has 11 nitrogen and oxygen atoms in total. The minimum Gasteiger partial charge on any atom is -0.495 e. The van der Waals surface area contributed by atoms with Crippen LogP contribution in [-0.2, 0) is 25.7 Å². The summed E-state index contributed by atoms with van der Waals surface area (Å²) in [5.41, 5.74) is 1.09. The number of nitrogens with zero attached hydrogens (tertiary/aromatic N) is 3. The predicted molar refractivity (Wildman–Crippen MR) is 157 cm³/mol. The Hall–Kier alpha value is -4.68. The lowest BCUT2D eigenvalue weighted by molar-refractivity contribution is -0.152. The molecule has 1 aliphatic heterocycles. The number of anilines is 3. The molecule has 0 radical (unpaired) electrons. The average Bonchev–Trinajstić information content (AvgIpc) is 3.02. The average molecular weight is 615 g/mol. The Morgan fingerprint density at radius 3 is 2.11 bits per heavy atom. The number of nitrogens with one attached hydrogen (secondary N) is 1. The SMILES string of the molecule is COc1cc(Nc2ncc(OCc3c(F)c(C)cc(OC)c3F)cn2)ccc1N1CCC(COC(C)=O)(COC(C)=O)CC1. The highest BCUT2D eigenvalue weighted by Crippen LogP contribution is 2.39. The van der Waals surface area contributed by atoms with Gasteiger partial charge < -0.3 is 33.9 Å². The van der Waals surface area contributed by atoms with E-state index >= 15 is 0 Å². The molecule has 3 aromatic rings. The quantitative estimate of drug-likeness (QED) is 0.274. The monoisotopic (exact) mass is 614 g/mol. The van der Waals surface area contributed by atoms with Gasteiger partial charge in [-0.15, -0.1) is 0 Å². The zero-order valence-electron chi connectivity index (χ0n) is 25.4. The molecule has 13 heteroatoms. The summed E-state index contributed by atoms with van der Waals surface area (Å²) < 4.78 is 55.8. The van der Waals surface area contributed by atoms with Crippen LogP contribution in [0.1, 0.15) is 37.8 Å². The molecule has 236 valence electrons. The molecule has 0 saturated carbocycles. The zero-order valence-corrected chi connectivity index (χ0v) is 25.4. The molecule has 44 heavy (non-hydrogen) atoms. The number of halogens is 2. The lowest BCUT2D eigenvalue weighted by Crippen LogP contribution is -2.45. The predicted octanol–water partition coefficient (Wildman–Crippen LogP) is 5.12. The maximum atomic E-state index is 14.5. The van der Waals surface area contributed by atoms with Crippen molar-refractivity contribution in [1.82, 2.24) is 9.97 Å². The maximum Gasteiger partial charge on any atom is 0.302 e. The summed E-state index contributed by atoms with van der Waals surface area (Å²) in [4.78, 5) is 33.5. The van der Waals surface area contributed by atoms with Crippen molar-refractivity contribution in [3.63, 3.8) is 0 Å². The van der Waals surface area contributed by atoms with Gasteiger partial charge in [-0.2, -0.15) is 0 Å². The Morgan fingerprint density at radius 2 is 1.55 bits per heavy atom. The van der Waals surface area contributed by atoms with Crippen LogP contribution in [0, 0.1) is 24.0 Å². The number of methoxy groups -OCH3 is 2. The number of ether oxygens (including phenoxy) is 5. The molecule has 1 saturated heterocycles. The van der Waals surface area contributed by atoms with E-state index in [1.807, 2.05) is 18.2 Å². The van der Waals surface area contributed by atoms with Gasteiger partial charge in [0.25, 0.3) is 0 Å². The number of hydrogen-bond donors (Lipinski definition) is 1. The van der Waals surface area contributed by atoms with Gasteiger partial charge in [0.15, 0.2) is 17.3 Å². The normalized spacial score (nSPS) is 14.0. The fourth-order valence-electron chi connectivity index (χ4n) is 4.90. The van der Waals surface area contributed by atoms with Crippen molar-refractivity contribution in [2.24, 2.45) is 5.41 Å². The van der Waals surface area contributed by atoms with E-state index in [-0.39, 0.29) is 60.3 Å². The smallest absolute Gasteiger partial charge is 0.302 e. The highest BCUT2D eigenvalue weighted by Gasteiger charge is 2.38. The third kappa shape index (κ3) is 7.82. The first-order chi connectivity index (χ1) is 21.0. The number of aryl methyl sites for hydroxylation is 1. The number of carbonyl (C=O) groups excluding carboxylic acids is 2. The van der Waals surface area contributed by atoms with Gasteiger partial charge >= 0.3 is 11.9 Å². The number of esters is 2. The van der Waals surface area contributed by atoms with Gasteiger partial charge in [-0.25, -0.2) is 18.7 Å². The molecule has 1 aromatic heterocycles.